The highest BCUT2D eigenvalue weighted by molar-refractivity contribution is 7.99. The van der Waals surface area contributed by atoms with E-state index in [0.29, 0.717) is 11.8 Å². The number of nitrogens with zero attached hydrogens (tertiary/aromatic N) is 4. The topological polar surface area (TPSA) is 71.2 Å². The Bertz CT molecular complexity index is 507. The molecule has 0 aromatic carbocycles. The van der Waals surface area contributed by atoms with Crippen LogP contribution in [0.2, 0.25) is 0 Å². The number of thioether (sulfide) groups is 1. The summed E-state index contributed by atoms with van der Waals surface area (Å²) < 4.78 is 2.20. The fourth-order valence-electron chi connectivity index (χ4n) is 2.85. The van der Waals surface area contributed by atoms with Crippen molar-refractivity contribution in [3.05, 3.63) is 5.82 Å². The predicted octanol–water partition coefficient (Wildman–Crippen LogP) is 1.67. The van der Waals surface area contributed by atoms with Crippen LogP contribution >= 0.6 is 11.8 Å². The van der Waals surface area contributed by atoms with Gasteiger partial charge in [0.05, 0.1) is 5.75 Å². The Kier molecular flexibility index (Phi) is 4.49. The lowest BCUT2D eigenvalue weighted by Gasteiger charge is -2.29. The minimum Gasteiger partial charge on any atom is -0.481 e. The summed E-state index contributed by atoms with van der Waals surface area (Å²) in [6.07, 6.45) is 4.77. The molecule has 0 amide bonds. The number of aliphatic carboxylic acids is 1. The summed E-state index contributed by atoms with van der Waals surface area (Å²) in [6, 6.07) is 0. The van der Waals surface area contributed by atoms with E-state index in [1.807, 2.05) is 0 Å². The van der Waals surface area contributed by atoms with Crippen LogP contribution in [0.1, 0.15) is 37.4 Å². The van der Waals surface area contributed by atoms with Gasteiger partial charge in [0.25, 0.3) is 0 Å². The second-order valence-electron chi connectivity index (χ2n) is 6.15. The lowest BCUT2D eigenvalue weighted by Crippen LogP contribution is -2.32. The van der Waals surface area contributed by atoms with Gasteiger partial charge in [-0.15, -0.1) is 10.2 Å². The van der Waals surface area contributed by atoms with Crippen LogP contribution in [0.25, 0.3) is 0 Å². The standard InChI is InChI=1S/C14H22N4O2S/c1-17-6-4-10(5-7-17)8-18-13(11-2-3-11)15-16-14(18)21-9-12(19)20/h10-11H,2-9H2,1H3,(H,19,20). The van der Waals surface area contributed by atoms with E-state index in [0.717, 1.165) is 30.6 Å². The lowest BCUT2D eigenvalue weighted by atomic mass is 9.97. The minimum atomic E-state index is -0.804. The quantitative estimate of drug-likeness (QED) is 0.806. The number of carbonyl (C=O) groups is 1. The number of carboxylic acid groups (broad SMARTS) is 1. The number of carboxylic acids is 1. The van der Waals surface area contributed by atoms with Gasteiger partial charge in [-0.1, -0.05) is 11.8 Å². The van der Waals surface area contributed by atoms with Crippen LogP contribution in [0, 0.1) is 5.92 Å². The summed E-state index contributed by atoms with van der Waals surface area (Å²) in [5, 5.41) is 18.2. The third-order valence-electron chi connectivity index (χ3n) is 4.29. The summed E-state index contributed by atoms with van der Waals surface area (Å²) in [5.41, 5.74) is 0. The largest absolute Gasteiger partial charge is 0.481 e. The first-order valence-electron chi connectivity index (χ1n) is 7.59. The molecular weight excluding hydrogens is 288 g/mol. The molecule has 1 aromatic rings. The van der Waals surface area contributed by atoms with Gasteiger partial charge in [0.2, 0.25) is 0 Å². The van der Waals surface area contributed by atoms with Crippen LogP contribution < -0.4 is 0 Å². The summed E-state index contributed by atoms with van der Waals surface area (Å²) in [6.45, 7) is 3.22. The molecule has 2 fully saturated rings. The maximum absolute atomic E-state index is 10.8. The van der Waals surface area contributed by atoms with Gasteiger partial charge in [-0.3, -0.25) is 4.79 Å². The Hall–Kier alpha value is -1.08. The molecule has 7 heteroatoms. The molecule has 1 aliphatic carbocycles. The maximum Gasteiger partial charge on any atom is 0.313 e. The maximum atomic E-state index is 10.8. The molecule has 0 unspecified atom stereocenters. The van der Waals surface area contributed by atoms with Crippen LogP contribution in [-0.2, 0) is 11.3 Å². The Morgan fingerprint density at radius 2 is 2.00 bits per heavy atom. The highest BCUT2D eigenvalue weighted by atomic mass is 32.2. The fourth-order valence-corrected chi connectivity index (χ4v) is 3.53. The lowest BCUT2D eigenvalue weighted by molar-refractivity contribution is -0.133. The molecule has 1 aromatic heterocycles. The third-order valence-corrected chi connectivity index (χ3v) is 5.24. The van der Waals surface area contributed by atoms with Crippen molar-refractivity contribution >= 4 is 17.7 Å². The van der Waals surface area contributed by atoms with E-state index in [1.165, 1.54) is 37.4 Å². The van der Waals surface area contributed by atoms with E-state index in [2.05, 4.69) is 26.7 Å². The van der Waals surface area contributed by atoms with Crippen molar-refractivity contribution in [2.75, 3.05) is 25.9 Å². The monoisotopic (exact) mass is 310 g/mol. The van der Waals surface area contributed by atoms with E-state index in [4.69, 9.17) is 5.11 Å². The van der Waals surface area contributed by atoms with Gasteiger partial charge in [-0.25, -0.2) is 0 Å². The molecule has 1 aliphatic heterocycles. The SMILES string of the molecule is CN1CCC(Cn2c(SCC(=O)O)nnc2C2CC2)CC1. The normalized spacial score (nSPS) is 20.8. The van der Waals surface area contributed by atoms with Crippen molar-refractivity contribution in [2.24, 2.45) is 5.92 Å². The van der Waals surface area contributed by atoms with Crippen LogP contribution in [0.15, 0.2) is 5.16 Å². The first-order chi connectivity index (χ1) is 10.1. The summed E-state index contributed by atoms with van der Waals surface area (Å²) in [5.74, 6) is 1.52. The summed E-state index contributed by atoms with van der Waals surface area (Å²) in [4.78, 5) is 13.1. The van der Waals surface area contributed by atoms with Gasteiger partial charge in [-0.2, -0.15) is 0 Å². The van der Waals surface area contributed by atoms with Crippen LogP contribution in [0.3, 0.4) is 0 Å². The molecule has 3 rings (SSSR count). The van der Waals surface area contributed by atoms with E-state index in [-0.39, 0.29) is 5.75 Å². The van der Waals surface area contributed by atoms with Gasteiger partial charge >= 0.3 is 5.97 Å². The average molecular weight is 310 g/mol. The molecule has 0 radical (unpaired) electrons. The number of likely N-dealkylation sites (tertiary alicyclic amines) is 1. The van der Waals surface area contributed by atoms with Gasteiger partial charge < -0.3 is 14.6 Å². The van der Waals surface area contributed by atoms with E-state index < -0.39 is 5.97 Å². The molecule has 2 heterocycles. The molecule has 21 heavy (non-hydrogen) atoms. The Labute approximate surface area is 128 Å². The molecule has 116 valence electrons. The van der Waals surface area contributed by atoms with Gasteiger partial charge in [0.15, 0.2) is 5.16 Å². The Balaban J connectivity index is 1.71. The van der Waals surface area contributed by atoms with Crippen molar-refractivity contribution in [3.8, 4) is 0 Å². The first kappa shape index (κ1) is 14.8. The molecule has 1 saturated heterocycles. The van der Waals surface area contributed by atoms with E-state index in [1.54, 1.807) is 0 Å². The van der Waals surface area contributed by atoms with Crippen molar-refractivity contribution in [2.45, 2.75) is 43.3 Å². The zero-order valence-electron chi connectivity index (χ0n) is 12.4. The zero-order valence-corrected chi connectivity index (χ0v) is 13.2. The van der Waals surface area contributed by atoms with Crippen molar-refractivity contribution < 1.29 is 9.90 Å². The molecule has 0 bridgehead atoms. The van der Waals surface area contributed by atoms with E-state index in [9.17, 15) is 4.79 Å². The number of hydrogen-bond acceptors (Lipinski definition) is 5. The van der Waals surface area contributed by atoms with E-state index >= 15 is 0 Å². The van der Waals surface area contributed by atoms with Crippen LogP contribution in [0.5, 0.6) is 0 Å². The van der Waals surface area contributed by atoms with Crippen molar-refractivity contribution in [3.63, 3.8) is 0 Å². The molecule has 0 atom stereocenters. The number of piperidine rings is 1. The van der Waals surface area contributed by atoms with Crippen LogP contribution in [0.4, 0.5) is 0 Å². The summed E-state index contributed by atoms with van der Waals surface area (Å²) in [7, 11) is 2.17. The van der Waals surface area contributed by atoms with Crippen LogP contribution in [-0.4, -0.2) is 56.6 Å². The molecule has 0 spiro atoms. The minimum absolute atomic E-state index is 0.0518. The highest BCUT2D eigenvalue weighted by Gasteiger charge is 2.31. The van der Waals surface area contributed by atoms with Gasteiger partial charge in [0, 0.05) is 12.5 Å². The van der Waals surface area contributed by atoms with Gasteiger partial charge in [-0.05, 0) is 51.7 Å². The first-order valence-corrected chi connectivity index (χ1v) is 8.58. The van der Waals surface area contributed by atoms with Crippen molar-refractivity contribution in [1.29, 1.82) is 0 Å². The highest BCUT2D eigenvalue weighted by Crippen LogP contribution is 2.40. The van der Waals surface area contributed by atoms with Gasteiger partial charge in [0.1, 0.15) is 5.82 Å². The molecule has 1 saturated carbocycles. The molecule has 6 nitrogen and oxygen atoms in total. The average Bonchev–Trinajstić information content (AvgIpc) is 3.22. The molecule has 1 N–H and O–H groups in total. The Morgan fingerprint density at radius 3 is 2.62 bits per heavy atom. The fraction of sp³-hybridized carbons (Fsp3) is 0.786. The number of rotatable bonds is 6. The number of aromatic nitrogens is 3. The molecule has 2 aliphatic rings. The second kappa shape index (κ2) is 6.36. The number of hydrogen-bond donors (Lipinski definition) is 1. The Morgan fingerprint density at radius 1 is 1.29 bits per heavy atom. The molecular formula is C14H22N4O2S. The second-order valence-corrected chi connectivity index (χ2v) is 7.10. The van der Waals surface area contributed by atoms with Crippen molar-refractivity contribution in [1.82, 2.24) is 19.7 Å². The predicted molar refractivity (Wildman–Crippen MR) is 80.6 cm³/mol. The zero-order chi connectivity index (χ0) is 14.8. The smallest absolute Gasteiger partial charge is 0.313 e. The third kappa shape index (κ3) is 3.77. The summed E-state index contributed by atoms with van der Waals surface area (Å²) >= 11 is 1.29.